The van der Waals surface area contributed by atoms with Crippen molar-refractivity contribution in [1.29, 1.82) is 0 Å². The number of hydrogen-bond acceptors (Lipinski definition) is 5. The Morgan fingerprint density at radius 3 is 2.29 bits per heavy atom. The van der Waals surface area contributed by atoms with Crippen LogP contribution in [-0.4, -0.2) is 15.9 Å². The van der Waals surface area contributed by atoms with Crippen LogP contribution in [0.2, 0.25) is 0 Å². The van der Waals surface area contributed by atoms with Gasteiger partial charge in [-0.3, -0.25) is 20.2 Å². The van der Waals surface area contributed by atoms with Crippen LogP contribution in [0.25, 0.3) is 0 Å². The average molecular weight is 238 g/mol. The van der Waals surface area contributed by atoms with Gasteiger partial charge in [-0.05, 0) is 12.1 Å². The van der Waals surface area contributed by atoms with Crippen LogP contribution in [0, 0.1) is 20.2 Å². The molecule has 1 aliphatic heterocycles. The molecular weight excluding hydrogens is 232 g/mol. The minimum atomic E-state index is -2.83. The van der Waals surface area contributed by atoms with Gasteiger partial charge in [0.2, 0.25) is 0 Å². The molecule has 1 aromatic rings. The number of fused-ring (bicyclic) bond motifs is 1. The van der Waals surface area contributed by atoms with Crippen molar-refractivity contribution < 1.29 is 14.6 Å². The van der Waals surface area contributed by atoms with Crippen molar-refractivity contribution in [2.24, 2.45) is 0 Å². The molecular formula is C8H6N4O5. The molecule has 0 fully saturated rings. The highest BCUT2D eigenvalue weighted by Gasteiger charge is 2.63. The van der Waals surface area contributed by atoms with E-state index in [-0.39, 0.29) is 11.3 Å². The van der Waals surface area contributed by atoms with Crippen molar-refractivity contribution in [3.05, 3.63) is 50.1 Å². The molecule has 0 saturated heterocycles. The Morgan fingerprint density at radius 1 is 1.12 bits per heavy atom. The van der Waals surface area contributed by atoms with E-state index in [0.717, 1.165) is 0 Å². The Hall–Kier alpha value is -2.71. The molecule has 17 heavy (non-hydrogen) atoms. The van der Waals surface area contributed by atoms with Crippen LogP contribution in [0.3, 0.4) is 0 Å². The van der Waals surface area contributed by atoms with Crippen molar-refractivity contribution in [3.8, 4) is 0 Å². The molecule has 1 aromatic carbocycles. The fourth-order valence-electron chi connectivity index (χ4n) is 1.63. The lowest BCUT2D eigenvalue weighted by Gasteiger charge is -2.24. The first-order valence-corrected chi connectivity index (χ1v) is 4.46. The normalized spacial score (nSPS) is 16.4. The van der Waals surface area contributed by atoms with E-state index in [4.69, 9.17) is 0 Å². The van der Waals surface area contributed by atoms with Crippen molar-refractivity contribution >= 4 is 11.7 Å². The number of nitrogens with zero attached hydrogens (tertiary/aromatic N) is 2. The maximum absolute atomic E-state index is 11.2. The molecule has 2 amide bonds. The van der Waals surface area contributed by atoms with Crippen molar-refractivity contribution in [1.82, 2.24) is 5.32 Å². The second-order valence-corrected chi connectivity index (χ2v) is 3.31. The van der Waals surface area contributed by atoms with Gasteiger partial charge in [-0.15, -0.1) is 0 Å². The predicted octanol–water partition coefficient (Wildman–Crippen LogP) is 0.485. The largest absolute Gasteiger partial charge is 0.574 e. The Balaban J connectivity index is 2.73. The van der Waals surface area contributed by atoms with E-state index in [0.29, 0.717) is 0 Å². The molecule has 0 radical (unpaired) electrons. The SMILES string of the molecule is O=C1Nc2ccccc2C([N+](=O)[O-])([N+](=O)[O-])N1. The van der Waals surface area contributed by atoms with Crippen molar-refractivity contribution in [2.45, 2.75) is 5.79 Å². The van der Waals surface area contributed by atoms with Crippen LogP contribution in [0.1, 0.15) is 5.56 Å². The Kier molecular flexibility index (Phi) is 2.16. The summed E-state index contributed by atoms with van der Waals surface area (Å²) < 4.78 is 0. The third kappa shape index (κ3) is 1.36. The van der Waals surface area contributed by atoms with Crippen LogP contribution in [0.5, 0.6) is 0 Å². The molecule has 0 spiro atoms. The Labute approximate surface area is 93.7 Å². The third-order valence-electron chi connectivity index (χ3n) is 2.37. The number of benzene rings is 1. The summed E-state index contributed by atoms with van der Waals surface area (Å²) in [5, 5.41) is 25.9. The first kappa shape index (κ1) is 10.8. The van der Waals surface area contributed by atoms with Crippen LogP contribution in [0.15, 0.2) is 24.3 Å². The van der Waals surface area contributed by atoms with E-state index in [1.165, 1.54) is 24.3 Å². The van der Waals surface area contributed by atoms with E-state index in [9.17, 15) is 25.0 Å². The summed E-state index contributed by atoms with van der Waals surface area (Å²) in [6, 6.07) is 4.51. The second kappa shape index (κ2) is 3.40. The number of carbonyl (C=O) groups excluding carboxylic acids is 1. The maximum atomic E-state index is 11.2. The minimum absolute atomic E-state index is 0.0460. The Morgan fingerprint density at radius 2 is 1.71 bits per heavy atom. The summed E-state index contributed by atoms with van der Waals surface area (Å²) >= 11 is 0. The summed E-state index contributed by atoms with van der Waals surface area (Å²) in [4.78, 5) is 30.8. The lowest BCUT2D eigenvalue weighted by molar-refractivity contribution is -0.816. The lowest BCUT2D eigenvalue weighted by atomic mass is 10.0. The van der Waals surface area contributed by atoms with E-state index < -0.39 is 21.7 Å². The lowest BCUT2D eigenvalue weighted by Crippen LogP contribution is -2.61. The van der Waals surface area contributed by atoms with Gasteiger partial charge in [-0.2, -0.15) is 0 Å². The fourth-order valence-corrected chi connectivity index (χ4v) is 1.63. The summed E-state index contributed by atoms with van der Waals surface area (Å²) in [6.45, 7) is 0. The molecule has 9 heteroatoms. The molecule has 2 N–H and O–H groups in total. The minimum Gasteiger partial charge on any atom is -0.307 e. The van der Waals surface area contributed by atoms with Gasteiger partial charge >= 0.3 is 11.8 Å². The van der Waals surface area contributed by atoms with Crippen molar-refractivity contribution in [2.75, 3.05) is 5.32 Å². The predicted molar refractivity (Wildman–Crippen MR) is 54.3 cm³/mol. The molecule has 0 atom stereocenters. The highest BCUT2D eigenvalue weighted by atomic mass is 16.7. The van der Waals surface area contributed by atoms with Gasteiger partial charge in [0.1, 0.15) is 9.85 Å². The summed E-state index contributed by atoms with van der Waals surface area (Å²) in [5.74, 6) is -2.83. The number of carbonyl (C=O) groups is 1. The average Bonchev–Trinajstić information content (AvgIpc) is 2.26. The molecule has 1 aliphatic rings. The number of para-hydroxylation sites is 1. The van der Waals surface area contributed by atoms with Crippen LogP contribution < -0.4 is 10.6 Å². The number of anilines is 1. The third-order valence-corrected chi connectivity index (χ3v) is 2.37. The van der Waals surface area contributed by atoms with E-state index in [2.05, 4.69) is 5.32 Å². The summed E-state index contributed by atoms with van der Waals surface area (Å²) in [6.07, 6.45) is 0. The number of urea groups is 1. The van der Waals surface area contributed by atoms with Crippen LogP contribution >= 0.6 is 0 Å². The quantitative estimate of drug-likeness (QED) is 0.440. The van der Waals surface area contributed by atoms with Gasteiger partial charge in [-0.1, -0.05) is 12.1 Å². The molecule has 2 rings (SSSR count). The molecule has 1 heterocycles. The topological polar surface area (TPSA) is 127 Å². The number of hydrogen-bond donors (Lipinski definition) is 2. The number of nitro groups is 2. The van der Waals surface area contributed by atoms with Crippen molar-refractivity contribution in [3.63, 3.8) is 0 Å². The summed E-state index contributed by atoms with van der Waals surface area (Å²) in [5.41, 5.74) is -0.167. The summed E-state index contributed by atoms with van der Waals surface area (Å²) in [7, 11) is 0. The fraction of sp³-hybridized carbons (Fsp3) is 0.125. The highest BCUT2D eigenvalue weighted by molar-refractivity contribution is 5.93. The van der Waals surface area contributed by atoms with Crippen LogP contribution in [-0.2, 0) is 5.79 Å². The zero-order chi connectivity index (χ0) is 12.6. The molecule has 0 aromatic heterocycles. The van der Waals surface area contributed by atoms with E-state index in [1.807, 2.05) is 0 Å². The van der Waals surface area contributed by atoms with Gasteiger partial charge in [-0.25, -0.2) is 10.1 Å². The standard InChI is InChI=1S/C8H6N4O5/c13-7-9-6-4-2-1-3-5(6)8(10-7,11(14)15)12(16)17/h1-4H,(H2,9,10,13). The molecule has 0 saturated carbocycles. The van der Waals surface area contributed by atoms with E-state index >= 15 is 0 Å². The second-order valence-electron chi connectivity index (χ2n) is 3.31. The molecule has 0 unspecified atom stereocenters. The number of rotatable bonds is 2. The smallest absolute Gasteiger partial charge is 0.307 e. The van der Waals surface area contributed by atoms with E-state index in [1.54, 1.807) is 5.32 Å². The molecule has 0 aliphatic carbocycles. The van der Waals surface area contributed by atoms with Gasteiger partial charge < -0.3 is 5.32 Å². The monoisotopic (exact) mass is 238 g/mol. The highest BCUT2D eigenvalue weighted by Crippen LogP contribution is 2.32. The number of nitrogens with one attached hydrogen (secondary N) is 2. The first-order valence-electron chi connectivity index (χ1n) is 4.46. The van der Waals surface area contributed by atoms with Gasteiger partial charge in [0, 0.05) is 0 Å². The Bertz CT molecular complexity index is 514. The molecule has 0 bridgehead atoms. The maximum Gasteiger partial charge on any atom is 0.574 e. The molecule has 9 nitrogen and oxygen atoms in total. The van der Waals surface area contributed by atoms with Gasteiger partial charge in [0.05, 0.1) is 5.69 Å². The molecule has 88 valence electrons. The number of amides is 2. The zero-order valence-electron chi connectivity index (χ0n) is 8.25. The zero-order valence-corrected chi connectivity index (χ0v) is 8.25. The van der Waals surface area contributed by atoms with Gasteiger partial charge in [0.15, 0.2) is 5.56 Å². The van der Waals surface area contributed by atoms with Gasteiger partial charge in [0.25, 0.3) is 0 Å². The van der Waals surface area contributed by atoms with Crippen LogP contribution in [0.4, 0.5) is 10.5 Å². The first-order chi connectivity index (χ1) is 7.98.